The zero-order valence-corrected chi connectivity index (χ0v) is 19.5. The molecule has 0 aliphatic heterocycles. The van der Waals surface area contributed by atoms with Gasteiger partial charge < -0.3 is 9.67 Å². The highest BCUT2D eigenvalue weighted by atomic mass is 16.3. The fourth-order valence-electron chi connectivity index (χ4n) is 3.71. The predicted octanol–water partition coefficient (Wildman–Crippen LogP) is 6.89. The molecule has 4 heteroatoms. The molecule has 0 fully saturated rings. The Bertz CT molecular complexity index is 1030. The number of benzene rings is 2. The first-order valence-electron chi connectivity index (χ1n) is 10.9. The Balaban J connectivity index is 2.10. The van der Waals surface area contributed by atoms with Gasteiger partial charge in [-0.25, -0.2) is 9.98 Å². The van der Waals surface area contributed by atoms with E-state index >= 15 is 0 Å². The molecule has 160 valence electrons. The van der Waals surface area contributed by atoms with Crippen LogP contribution in [0.1, 0.15) is 78.0 Å². The lowest BCUT2D eigenvalue weighted by molar-refractivity contribution is 0.423. The summed E-state index contributed by atoms with van der Waals surface area (Å²) < 4.78 is 2.20. The van der Waals surface area contributed by atoms with Gasteiger partial charge in [0.1, 0.15) is 5.75 Å². The number of rotatable bonds is 5. The number of unbranched alkanes of at least 4 members (excludes halogenated alkanes) is 1. The topological polar surface area (TPSA) is 50.4 Å². The highest BCUT2D eigenvalue weighted by molar-refractivity contribution is 5.85. The van der Waals surface area contributed by atoms with Crippen LogP contribution in [0, 0.1) is 0 Å². The maximum Gasteiger partial charge on any atom is 0.230 e. The van der Waals surface area contributed by atoms with Crippen LogP contribution in [-0.4, -0.2) is 20.9 Å². The third kappa shape index (κ3) is 4.58. The van der Waals surface area contributed by atoms with Crippen LogP contribution in [0.2, 0.25) is 0 Å². The summed E-state index contributed by atoms with van der Waals surface area (Å²) >= 11 is 0. The van der Waals surface area contributed by atoms with Crippen LogP contribution in [0.25, 0.3) is 11.0 Å². The minimum absolute atomic E-state index is 0.164. The molecule has 4 nitrogen and oxygen atoms in total. The second-order valence-electron chi connectivity index (χ2n) is 10.1. The number of nitrogens with zero attached hydrogens (tertiary/aromatic N) is 3. The molecular weight excluding hydrogens is 370 g/mol. The standard InChI is InChI=1S/C26H35N3O/c1-8-9-14-29-22-13-11-10-12-21(22)28-24(29)27-17-18-15-19(25(2,3)4)23(30)20(16-18)26(5,6)7/h10-13,15-17,30H,8-9,14H2,1-7H3/b27-17+. The summed E-state index contributed by atoms with van der Waals surface area (Å²) in [6, 6.07) is 12.3. The lowest BCUT2D eigenvalue weighted by Crippen LogP contribution is -2.17. The quantitative estimate of drug-likeness (QED) is 0.470. The van der Waals surface area contributed by atoms with E-state index in [-0.39, 0.29) is 10.8 Å². The lowest BCUT2D eigenvalue weighted by atomic mass is 9.78. The van der Waals surface area contributed by atoms with E-state index < -0.39 is 0 Å². The number of aromatic nitrogens is 2. The molecule has 0 aliphatic rings. The highest BCUT2D eigenvalue weighted by Gasteiger charge is 2.26. The summed E-state index contributed by atoms with van der Waals surface area (Å²) in [5.74, 6) is 1.12. The first kappa shape index (κ1) is 22.1. The number of para-hydroxylation sites is 2. The van der Waals surface area contributed by atoms with Crippen molar-refractivity contribution >= 4 is 23.2 Å². The Kier molecular flexibility index (Phi) is 6.07. The van der Waals surface area contributed by atoms with Crippen molar-refractivity contribution in [2.45, 2.75) is 78.7 Å². The van der Waals surface area contributed by atoms with Crippen molar-refractivity contribution in [3.05, 3.63) is 53.1 Å². The van der Waals surface area contributed by atoms with E-state index in [1.807, 2.05) is 36.5 Å². The summed E-state index contributed by atoms with van der Waals surface area (Å²) in [6.45, 7) is 15.8. The molecule has 3 rings (SSSR count). The summed E-state index contributed by atoms with van der Waals surface area (Å²) in [5, 5.41) is 10.9. The van der Waals surface area contributed by atoms with Crippen molar-refractivity contribution in [2.24, 2.45) is 4.99 Å². The van der Waals surface area contributed by atoms with Crippen molar-refractivity contribution in [3.8, 4) is 5.75 Å². The number of imidazole rings is 1. The van der Waals surface area contributed by atoms with Gasteiger partial charge in [0, 0.05) is 23.9 Å². The van der Waals surface area contributed by atoms with Crippen molar-refractivity contribution in [3.63, 3.8) is 0 Å². The molecule has 0 spiro atoms. The van der Waals surface area contributed by atoms with Crippen LogP contribution in [0.3, 0.4) is 0 Å². The summed E-state index contributed by atoms with van der Waals surface area (Å²) in [7, 11) is 0. The van der Waals surface area contributed by atoms with E-state index in [9.17, 15) is 5.11 Å². The van der Waals surface area contributed by atoms with E-state index in [2.05, 4.69) is 59.1 Å². The largest absolute Gasteiger partial charge is 0.507 e. The molecular formula is C26H35N3O. The highest BCUT2D eigenvalue weighted by Crippen LogP contribution is 2.39. The Morgan fingerprint density at radius 1 is 1.00 bits per heavy atom. The number of aliphatic imine (C=N–C) groups is 1. The maximum absolute atomic E-state index is 10.9. The summed E-state index contributed by atoms with van der Waals surface area (Å²) in [6.07, 6.45) is 4.09. The van der Waals surface area contributed by atoms with Crippen LogP contribution in [0.4, 0.5) is 5.95 Å². The van der Waals surface area contributed by atoms with Crippen molar-refractivity contribution in [2.75, 3.05) is 0 Å². The Morgan fingerprint density at radius 2 is 1.60 bits per heavy atom. The van der Waals surface area contributed by atoms with Gasteiger partial charge in [0.25, 0.3) is 0 Å². The Labute approximate surface area is 180 Å². The number of phenols is 1. The van der Waals surface area contributed by atoms with Gasteiger partial charge in [-0.3, -0.25) is 0 Å². The molecule has 0 atom stereocenters. The van der Waals surface area contributed by atoms with E-state index in [0.29, 0.717) is 5.75 Å². The number of hydrogen-bond acceptors (Lipinski definition) is 3. The lowest BCUT2D eigenvalue weighted by Gasteiger charge is -2.27. The zero-order chi connectivity index (χ0) is 22.1. The second kappa shape index (κ2) is 8.25. The smallest absolute Gasteiger partial charge is 0.230 e. The molecule has 0 amide bonds. The Hall–Kier alpha value is -2.62. The van der Waals surface area contributed by atoms with E-state index in [4.69, 9.17) is 9.98 Å². The molecule has 0 saturated heterocycles. The molecule has 0 saturated carbocycles. The second-order valence-corrected chi connectivity index (χ2v) is 10.1. The minimum Gasteiger partial charge on any atom is -0.507 e. The first-order chi connectivity index (χ1) is 14.0. The Morgan fingerprint density at radius 3 is 2.17 bits per heavy atom. The number of hydrogen-bond donors (Lipinski definition) is 1. The minimum atomic E-state index is -0.164. The van der Waals surface area contributed by atoms with Gasteiger partial charge in [0.15, 0.2) is 0 Å². The molecule has 0 aliphatic carbocycles. The summed E-state index contributed by atoms with van der Waals surface area (Å²) in [4.78, 5) is 9.54. The van der Waals surface area contributed by atoms with Crippen LogP contribution in [0.15, 0.2) is 41.4 Å². The van der Waals surface area contributed by atoms with Crippen molar-refractivity contribution < 1.29 is 5.11 Å². The molecule has 1 heterocycles. The number of aromatic hydroxyl groups is 1. The normalized spacial score (nSPS) is 12.9. The number of phenolic OH excluding ortho intramolecular Hbond substituents is 1. The van der Waals surface area contributed by atoms with E-state index in [0.717, 1.165) is 53.1 Å². The van der Waals surface area contributed by atoms with Crippen LogP contribution in [-0.2, 0) is 17.4 Å². The van der Waals surface area contributed by atoms with Gasteiger partial charge in [0.05, 0.1) is 11.0 Å². The monoisotopic (exact) mass is 405 g/mol. The van der Waals surface area contributed by atoms with Crippen LogP contribution >= 0.6 is 0 Å². The fraction of sp³-hybridized carbons (Fsp3) is 0.462. The number of aryl methyl sites for hydroxylation is 1. The van der Waals surface area contributed by atoms with Crippen LogP contribution < -0.4 is 0 Å². The molecule has 0 unspecified atom stereocenters. The van der Waals surface area contributed by atoms with Gasteiger partial charge >= 0.3 is 0 Å². The van der Waals surface area contributed by atoms with Crippen LogP contribution in [0.5, 0.6) is 5.75 Å². The molecule has 0 radical (unpaired) electrons. The zero-order valence-electron chi connectivity index (χ0n) is 19.5. The van der Waals surface area contributed by atoms with Crippen molar-refractivity contribution in [1.29, 1.82) is 0 Å². The third-order valence-electron chi connectivity index (χ3n) is 5.45. The van der Waals surface area contributed by atoms with Gasteiger partial charge in [0.2, 0.25) is 5.95 Å². The molecule has 0 bridgehead atoms. The predicted molar refractivity (Wildman–Crippen MR) is 127 cm³/mol. The molecule has 2 aromatic carbocycles. The maximum atomic E-state index is 10.9. The molecule has 30 heavy (non-hydrogen) atoms. The first-order valence-corrected chi connectivity index (χ1v) is 10.9. The molecule has 1 aromatic heterocycles. The fourth-order valence-corrected chi connectivity index (χ4v) is 3.71. The van der Waals surface area contributed by atoms with Gasteiger partial charge in [-0.2, -0.15) is 0 Å². The van der Waals surface area contributed by atoms with Gasteiger partial charge in [-0.05, 0) is 47.1 Å². The SMILES string of the molecule is CCCCn1c(/N=C/c2cc(C(C)(C)C)c(O)c(C(C)(C)C)c2)nc2ccccc21. The average Bonchev–Trinajstić information content (AvgIpc) is 3.01. The summed E-state index contributed by atoms with van der Waals surface area (Å²) in [5.41, 5.74) is 4.62. The molecule has 3 aromatic rings. The van der Waals surface area contributed by atoms with Crippen molar-refractivity contribution in [1.82, 2.24) is 9.55 Å². The third-order valence-corrected chi connectivity index (χ3v) is 5.45. The van der Waals surface area contributed by atoms with E-state index in [1.165, 1.54) is 0 Å². The number of fused-ring (bicyclic) bond motifs is 1. The molecule has 1 N–H and O–H groups in total. The average molecular weight is 406 g/mol. The van der Waals surface area contributed by atoms with Gasteiger partial charge in [-0.15, -0.1) is 0 Å². The van der Waals surface area contributed by atoms with E-state index in [1.54, 1.807) is 0 Å². The van der Waals surface area contributed by atoms with Gasteiger partial charge in [-0.1, -0.05) is 67.0 Å².